The standard InChI is InChI=1S/C29H24N2O4/c1-17-7-11-20(12-8-17)31-28(33)23-24(29(31)34)26(27(32)19-9-13-21(35-2)14-10-19)30-16-15-18-5-3-4-6-22(18)25(23)30/h3-16,23-26H,1-2H3/t23-,24+,25?,26-/m0/s1. The van der Waals surface area contributed by atoms with E-state index in [4.69, 9.17) is 4.74 Å². The molecule has 6 rings (SSSR count). The number of amides is 2. The van der Waals surface area contributed by atoms with Gasteiger partial charge in [0.15, 0.2) is 5.78 Å². The van der Waals surface area contributed by atoms with Gasteiger partial charge in [-0.05, 0) is 60.5 Å². The van der Waals surface area contributed by atoms with Gasteiger partial charge in [0.1, 0.15) is 11.8 Å². The van der Waals surface area contributed by atoms with Gasteiger partial charge in [0.25, 0.3) is 0 Å². The quantitative estimate of drug-likeness (QED) is 0.423. The molecule has 0 aliphatic carbocycles. The third-order valence-electron chi connectivity index (χ3n) is 7.40. The molecule has 1 unspecified atom stereocenters. The molecule has 3 aromatic carbocycles. The first kappa shape index (κ1) is 21.4. The number of carbonyl (C=O) groups is 3. The van der Waals surface area contributed by atoms with Crippen LogP contribution in [0.2, 0.25) is 0 Å². The zero-order valence-electron chi connectivity index (χ0n) is 19.4. The predicted octanol–water partition coefficient (Wildman–Crippen LogP) is 4.40. The second-order valence-corrected chi connectivity index (χ2v) is 9.27. The number of anilines is 1. The van der Waals surface area contributed by atoms with E-state index in [1.165, 1.54) is 4.90 Å². The Bertz CT molecular complexity index is 1380. The van der Waals surface area contributed by atoms with Crippen molar-refractivity contribution in [2.24, 2.45) is 11.8 Å². The van der Waals surface area contributed by atoms with E-state index in [0.717, 1.165) is 16.7 Å². The highest BCUT2D eigenvalue weighted by atomic mass is 16.5. The summed E-state index contributed by atoms with van der Waals surface area (Å²) in [6.07, 6.45) is 3.82. The molecule has 2 amide bonds. The number of carbonyl (C=O) groups excluding carboxylic acids is 3. The van der Waals surface area contributed by atoms with Gasteiger partial charge >= 0.3 is 0 Å². The number of ketones is 1. The van der Waals surface area contributed by atoms with Gasteiger partial charge in [0.2, 0.25) is 11.8 Å². The van der Waals surface area contributed by atoms with Crippen LogP contribution < -0.4 is 9.64 Å². The van der Waals surface area contributed by atoms with Crippen molar-refractivity contribution in [3.05, 3.63) is 101 Å². The molecule has 0 saturated carbocycles. The molecule has 0 bridgehead atoms. The monoisotopic (exact) mass is 464 g/mol. The van der Waals surface area contributed by atoms with Crippen molar-refractivity contribution in [3.63, 3.8) is 0 Å². The second-order valence-electron chi connectivity index (χ2n) is 9.27. The third-order valence-corrected chi connectivity index (χ3v) is 7.40. The number of rotatable bonds is 4. The lowest BCUT2D eigenvalue weighted by Crippen LogP contribution is -2.44. The predicted molar refractivity (Wildman–Crippen MR) is 132 cm³/mol. The summed E-state index contributed by atoms with van der Waals surface area (Å²) in [5.74, 6) is -1.54. The second kappa shape index (κ2) is 7.94. The minimum absolute atomic E-state index is 0.180. The molecule has 4 atom stereocenters. The van der Waals surface area contributed by atoms with E-state index in [1.54, 1.807) is 43.5 Å². The van der Waals surface area contributed by atoms with E-state index in [2.05, 4.69) is 0 Å². The summed E-state index contributed by atoms with van der Waals surface area (Å²) in [5, 5.41) is 0. The summed E-state index contributed by atoms with van der Waals surface area (Å²) in [5.41, 5.74) is 4.03. The average molecular weight is 465 g/mol. The molecule has 174 valence electrons. The lowest BCUT2D eigenvalue weighted by Gasteiger charge is -2.35. The van der Waals surface area contributed by atoms with Crippen LogP contribution >= 0.6 is 0 Å². The van der Waals surface area contributed by atoms with Gasteiger partial charge < -0.3 is 9.64 Å². The highest BCUT2D eigenvalue weighted by Crippen LogP contribution is 2.53. The van der Waals surface area contributed by atoms with E-state index < -0.39 is 17.9 Å². The van der Waals surface area contributed by atoms with E-state index in [0.29, 0.717) is 17.0 Å². The summed E-state index contributed by atoms with van der Waals surface area (Å²) in [6.45, 7) is 1.96. The molecule has 3 aliphatic rings. The Kier molecular flexibility index (Phi) is 4.85. The Morgan fingerprint density at radius 1 is 0.857 bits per heavy atom. The first-order valence-corrected chi connectivity index (χ1v) is 11.7. The normalized spacial score (nSPS) is 24.3. The van der Waals surface area contributed by atoms with Gasteiger partial charge in [-0.2, -0.15) is 0 Å². The number of aryl methyl sites for hydroxylation is 1. The van der Waals surface area contributed by atoms with Crippen LogP contribution in [0.25, 0.3) is 6.08 Å². The number of methoxy groups -OCH3 is 1. The summed E-state index contributed by atoms with van der Waals surface area (Å²) >= 11 is 0. The van der Waals surface area contributed by atoms with Crippen LogP contribution in [0, 0.1) is 18.8 Å². The number of Topliss-reactive ketones (excluding diaryl/α,β-unsaturated/α-hetero) is 1. The van der Waals surface area contributed by atoms with Crippen molar-refractivity contribution in [1.82, 2.24) is 4.90 Å². The maximum Gasteiger partial charge on any atom is 0.240 e. The SMILES string of the molecule is COc1ccc(C(=O)[C@@H]2[C@@H]3C(=O)N(c4ccc(C)cc4)C(=O)[C@@H]3C3c4ccccc4C=CN32)cc1. The van der Waals surface area contributed by atoms with Crippen molar-refractivity contribution >= 4 is 29.4 Å². The van der Waals surface area contributed by atoms with Crippen molar-refractivity contribution < 1.29 is 19.1 Å². The fraction of sp³-hybridized carbons (Fsp3) is 0.207. The van der Waals surface area contributed by atoms with Crippen molar-refractivity contribution in [2.75, 3.05) is 12.0 Å². The van der Waals surface area contributed by atoms with Crippen molar-refractivity contribution in [2.45, 2.75) is 19.0 Å². The highest BCUT2D eigenvalue weighted by molar-refractivity contribution is 6.24. The molecule has 35 heavy (non-hydrogen) atoms. The fourth-order valence-electron chi connectivity index (χ4n) is 5.73. The van der Waals surface area contributed by atoms with E-state index >= 15 is 0 Å². The minimum atomic E-state index is -0.783. The number of ether oxygens (including phenoxy) is 1. The van der Waals surface area contributed by atoms with E-state index in [1.807, 2.05) is 60.5 Å². The van der Waals surface area contributed by atoms with Crippen LogP contribution in [-0.2, 0) is 9.59 Å². The summed E-state index contributed by atoms with van der Waals surface area (Å²) in [6, 6.07) is 20.9. The minimum Gasteiger partial charge on any atom is -0.497 e. The maximum atomic E-state index is 13.9. The number of hydrogen-bond donors (Lipinski definition) is 0. The Hall–Kier alpha value is -4.19. The summed E-state index contributed by atoms with van der Waals surface area (Å²) < 4.78 is 5.23. The smallest absolute Gasteiger partial charge is 0.240 e. The molecule has 6 nitrogen and oxygen atoms in total. The molecule has 3 heterocycles. The van der Waals surface area contributed by atoms with Crippen LogP contribution in [0.1, 0.15) is 33.1 Å². The molecule has 3 aliphatic heterocycles. The maximum absolute atomic E-state index is 13.9. The Labute approximate surface area is 203 Å². The van der Waals surface area contributed by atoms with Crippen LogP contribution in [0.4, 0.5) is 5.69 Å². The zero-order valence-corrected chi connectivity index (χ0v) is 19.4. The van der Waals surface area contributed by atoms with Crippen molar-refractivity contribution in [1.29, 1.82) is 0 Å². The molecular formula is C29H24N2O4. The van der Waals surface area contributed by atoms with Gasteiger partial charge in [0, 0.05) is 11.8 Å². The first-order chi connectivity index (χ1) is 17.0. The zero-order chi connectivity index (χ0) is 24.3. The fourth-order valence-corrected chi connectivity index (χ4v) is 5.73. The van der Waals surface area contributed by atoms with Gasteiger partial charge in [-0.1, -0.05) is 42.0 Å². The molecule has 0 aromatic heterocycles. The van der Waals surface area contributed by atoms with E-state index in [9.17, 15) is 14.4 Å². The highest BCUT2D eigenvalue weighted by Gasteiger charge is 2.64. The molecule has 0 radical (unpaired) electrons. The Morgan fingerprint density at radius 2 is 1.54 bits per heavy atom. The molecule has 3 aromatic rings. The van der Waals surface area contributed by atoms with Gasteiger partial charge in [-0.15, -0.1) is 0 Å². The Morgan fingerprint density at radius 3 is 2.26 bits per heavy atom. The van der Waals surface area contributed by atoms with Gasteiger partial charge in [-0.25, -0.2) is 4.90 Å². The topological polar surface area (TPSA) is 66.9 Å². The molecule has 0 spiro atoms. The molecular weight excluding hydrogens is 440 g/mol. The molecule has 6 heteroatoms. The summed E-state index contributed by atoms with van der Waals surface area (Å²) in [7, 11) is 1.57. The van der Waals surface area contributed by atoms with Crippen LogP contribution in [0.15, 0.2) is 79.0 Å². The first-order valence-electron chi connectivity index (χ1n) is 11.7. The molecule has 0 N–H and O–H groups in total. The Balaban J connectivity index is 1.47. The average Bonchev–Trinajstić information content (AvgIpc) is 3.37. The lowest BCUT2D eigenvalue weighted by atomic mass is 9.83. The van der Waals surface area contributed by atoms with Gasteiger partial charge in [0.05, 0.1) is 30.7 Å². The lowest BCUT2D eigenvalue weighted by molar-refractivity contribution is -0.123. The number of nitrogens with zero attached hydrogens (tertiary/aromatic N) is 2. The third kappa shape index (κ3) is 3.13. The molecule has 2 saturated heterocycles. The molecule has 2 fully saturated rings. The number of fused-ring (bicyclic) bond motifs is 5. The summed E-state index contributed by atoms with van der Waals surface area (Å²) in [4.78, 5) is 44.8. The van der Waals surface area contributed by atoms with Crippen molar-refractivity contribution in [3.8, 4) is 5.75 Å². The number of hydrogen-bond acceptors (Lipinski definition) is 5. The van der Waals surface area contributed by atoms with Gasteiger partial charge in [-0.3, -0.25) is 14.4 Å². The number of imide groups is 1. The van der Waals surface area contributed by atoms with E-state index in [-0.39, 0.29) is 23.6 Å². The van der Waals surface area contributed by atoms with Crippen LogP contribution in [0.5, 0.6) is 5.75 Å². The van der Waals surface area contributed by atoms with Crippen LogP contribution in [0.3, 0.4) is 0 Å². The largest absolute Gasteiger partial charge is 0.497 e. The number of benzene rings is 3. The van der Waals surface area contributed by atoms with Crippen LogP contribution in [-0.4, -0.2) is 35.6 Å².